The molecule has 7 aromatic rings. The van der Waals surface area contributed by atoms with E-state index in [1.165, 1.54) is 0 Å². The highest BCUT2D eigenvalue weighted by Crippen LogP contribution is 2.46. The monoisotopic (exact) mass is 812 g/mol. The van der Waals surface area contributed by atoms with Gasteiger partial charge in [-0.25, -0.2) is 4.99 Å². The molecule has 0 fully saturated rings. The van der Waals surface area contributed by atoms with Crippen molar-refractivity contribution in [2.45, 2.75) is 11.3 Å². The molecule has 304 valence electrons. The zero-order valence-electron chi connectivity index (χ0n) is 34.8. The molecule has 62 heavy (non-hydrogen) atoms. The van der Waals surface area contributed by atoms with Crippen LogP contribution in [-0.4, -0.2) is 49.8 Å². The summed E-state index contributed by atoms with van der Waals surface area (Å²) in [5, 5.41) is 0. The van der Waals surface area contributed by atoms with Crippen molar-refractivity contribution in [3.05, 3.63) is 238 Å². The van der Waals surface area contributed by atoms with Gasteiger partial charge in [-0.15, -0.1) is 0 Å². The molecule has 10 rings (SSSR count). The summed E-state index contributed by atoms with van der Waals surface area (Å²) < 4.78 is 22.5. The molecule has 0 spiro atoms. The molecular weight excluding hydrogens is 769 g/mol. The van der Waals surface area contributed by atoms with E-state index in [-0.39, 0.29) is 5.92 Å². The summed E-state index contributed by atoms with van der Waals surface area (Å²) in [6, 6.07) is 52.3. The smallest absolute Gasteiger partial charge is 0.118 e. The Hall–Kier alpha value is -7.84. The number of allylic oxidation sites excluding steroid dienone is 5. The SMILES string of the molecule is COc1ccc(/C2=C3\C=CC(=N3)C(c3ccccc3)(c3ccc(OC)cc3)c3ccc([nH]3)C(c3ccc(OC)cc3)c3ccc([nH]3)/C(c3ccc(OC)cc3)=C3/C=CC2=N3)cc1. The quantitative estimate of drug-likeness (QED) is 0.152. The minimum absolute atomic E-state index is 0.209. The highest BCUT2D eigenvalue weighted by atomic mass is 16.5. The number of H-pyrrole nitrogens is 2. The number of aromatic amines is 2. The van der Waals surface area contributed by atoms with E-state index in [0.717, 1.165) is 108 Å². The van der Waals surface area contributed by atoms with Gasteiger partial charge in [0.05, 0.1) is 57.2 Å². The first-order valence-corrected chi connectivity index (χ1v) is 20.5. The third kappa shape index (κ3) is 6.57. The number of hydrogen-bond acceptors (Lipinski definition) is 6. The zero-order valence-corrected chi connectivity index (χ0v) is 34.8. The third-order valence-corrected chi connectivity index (χ3v) is 12.1. The van der Waals surface area contributed by atoms with E-state index in [0.29, 0.717) is 0 Å². The summed E-state index contributed by atoms with van der Waals surface area (Å²) in [4.78, 5) is 19.0. The molecule has 5 aromatic carbocycles. The lowest BCUT2D eigenvalue weighted by Crippen LogP contribution is -2.37. The number of benzene rings is 5. The maximum absolute atomic E-state index is 5.68. The predicted octanol–water partition coefficient (Wildman–Crippen LogP) is 11.1. The number of ether oxygens (including phenoxy) is 4. The fraction of sp³-hybridized carbons (Fsp3) is 0.111. The fourth-order valence-corrected chi connectivity index (χ4v) is 9.02. The van der Waals surface area contributed by atoms with Crippen molar-refractivity contribution in [1.29, 1.82) is 0 Å². The van der Waals surface area contributed by atoms with Gasteiger partial charge in [0.1, 0.15) is 28.4 Å². The molecular formula is C54H44N4O4. The van der Waals surface area contributed by atoms with Crippen molar-refractivity contribution in [1.82, 2.24) is 9.97 Å². The van der Waals surface area contributed by atoms with Crippen LogP contribution in [0.25, 0.3) is 11.1 Å². The van der Waals surface area contributed by atoms with Crippen LogP contribution in [0.4, 0.5) is 0 Å². The average molecular weight is 813 g/mol. The molecule has 2 aromatic heterocycles. The van der Waals surface area contributed by atoms with Crippen molar-refractivity contribution in [3.63, 3.8) is 0 Å². The molecule has 2 N–H and O–H groups in total. The topological polar surface area (TPSA) is 93.2 Å². The Bertz CT molecular complexity index is 2960. The summed E-state index contributed by atoms with van der Waals surface area (Å²) in [5.74, 6) is 2.91. The molecule has 5 heterocycles. The summed E-state index contributed by atoms with van der Waals surface area (Å²) >= 11 is 0. The normalized spacial score (nSPS) is 20.2. The van der Waals surface area contributed by atoms with Crippen LogP contribution in [0.15, 0.2) is 197 Å². The number of rotatable bonds is 9. The standard InChI is InChI=1S/C54H44N4O4/c1-59-39-18-10-34(11-19-39)51-43-26-28-45(55-43)52(35-12-20-40(60-2)21-13-35)47-30-32-49(57-47)54(37-8-6-5-7-9-37,38-16-24-42(62-4)25-17-38)50-33-31-48(58-50)53(46-29-27-44(51)56-46)36-14-22-41(61-3)23-15-36/h5-33,52,55,57H,1-4H3/b51-44-,53-48-. The van der Waals surface area contributed by atoms with E-state index < -0.39 is 5.41 Å². The van der Waals surface area contributed by atoms with Crippen LogP contribution in [0.1, 0.15) is 56.5 Å². The Kier molecular flexibility index (Phi) is 9.88. The summed E-state index contributed by atoms with van der Waals surface area (Å²) in [6.45, 7) is 0. The third-order valence-electron chi connectivity index (χ3n) is 12.1. The van der Waals surface area contributed by atoms with Gasteiger partial charge in [0.25, 0.3) is 0 Å². The lowest BCUT2D eigenvalue weighted by Gasteiger charge is -2.34. The predicted molar refractivity (Wildman–Crippen MR) is 247 cm³/mol. The van der Waals surface area contributed by atoms with E-state index in [4.69, 9.17) is 28.9 Å². The molecule has 0 aliphatic carbocycles. The molecule has 0 saturated heterocycles. The molecule has 0 radical (unpaired) electrons. The number of hydrogen-bond donors (Lipinski definition) is 2. The van der Waals surface area contributed by atoms with Crippen LogP contribution in [-0.2, 0) is 5.41 Å². The van der Waals surface area contributed by atoms with Gasteiger partial charge in [-0.2, -0.15) is 0 Å². The maximum Gasteiger partial charge on any atom is 0.118 e. The highest BCUT2D eigenvalue weighted by molar-refractivity contribution is 6.32. The number of aromatic nitrogens is 2. The van der Waals surface area contributed by atoms with Gasteiger partial charge in [0, 0.05) is 33.9 Å². The summed E-state index contributed by atoms with van der Waals surface area (Å²) in [5.41, 5.74) is 13.3. The molecule has 8 heteroatoms. The van der Waals surface area contributed by atoms with Crippen LogP contribution in [0.5, 0.6) is 23.0 Å². The maximum atomic E-state index is 5.68. The largest absolute Gasteiger partial charge is 0.497 e. The van der Waals surface area contributed by atoms with Crippen LogP contribution in [0.3, 0.4) is 0 Å². The van der Waals surface area contributed by atoms with Crippen LogP contribution in [0.2, 0.25) is 0 Å². The molecule has 2 unspecified atom stereocenters. The van der Waals surface area contributed by atoms with Crippen molar-refractivity contribution in [2.75, 3.05) is 28.4 Å². The Morgan fingerprint density at radius 1 is 0.452 bits per heavy atom. The highest BCUT2D eigenvalue weighted by Gasteiger charge is 2.44. The second-order valence-corrected chi connectivity index (χ2v) is 15.3. The van der Waals surface area contributed by atoms with Crippen molar-refractivity contribution >= 4 is 22.6 Å². The zero-order chi connectivity index (χ0) is 42.2. The van der Waals surface area contributed by atoms with Crippen LogP contribution >= 0.6 is 0 Å². The average Bonchev–Trinajstić information content (AvgIpc) is 4.19. The first-order chi connectivity index (χ1) is 30.5. The Morgan fingerprint density at radius 3 is 1.60 bits per heavy atom. The van der Waals surface area contributed by atoms with Gasteiger partial charge in [0.15, 0.2) is 0 Å². The van der Waals surface area contributed by atoms with Gasteiger partial charge >= 0.3 is 0 Å². The Balaban J connectivity index is 1.31. The number of fused-ring (bicyclic) bond motifs is 6. The van der Waals surface area contributed by atoms with Crippen molar-refractivity contribution in [2.24, 2.45) is 9.98 Å². The fourth-order valence-electron chi connectivity index (χ4n) is 9.02. The molecule has 3 aliphatic rings. The van der Waals surface area contributed by atoms with Crippen LogP contribution < -0.4 is 18.9 Å². The number of nitrogens with one attached hydrogen (secondary N) is 2. The molecule has 8 bridgehead atoms. The molecule has 3 aliphatic heterocycles. The minimum atomic E-state index is -0.878. The van der Waals surface area contributed by atoms with Gasteiger partial charge in [-0.1, -0.05) is 78.9 Å². The minimum Gasteiger partial charge on any atom is -0.497 e. The Labute approximate surface area is 361 Å². The molecule has 8 nitrogen and oxygen atoms in total. The Morgan fingerprint density at radius 2 is 0.968 bits per heavy atom. The van der Waals surface area contributed by atoms with Crippen LogP contribution in [0, 0.1) is 0 Å². The van der Waals surface area contributed by atoms with E-state index in [9.17, 15) is 0 Å². The van der Waals surface area contributed by atoms with Gasteiger partial charge in [-0.05, 0) is 125 Å². The van der Waals surface area contributed by atoms with E-state index in [1.807, 2.05) is 48.5 Å². The van der Waals surface area contributed by atoms with E-state index in [2.05, 4.69) is 137 Å². The first kappa shape index (κ1) is 38.4. The molecule has 2 atom stereocenters. The lowest BCUT2D eigenvalue weighted by molar-refractivity contribution is 0.414. The van der Waals surface area contributed by atoms with Gasteiger partial charge in [-0.3, -0.25) is 4.99 Å². The second kappa shape index (κ2) is 16.0. The van der Waals surface area contributed by atoms with Gasteiger partial charge in [0.2, 0.25) is 0 Å². The molecule has 0 amide bonds. The summed E-state index contributed by atoms with van der Waals surface area (Å²) in [7, 11) is 6.75. The second-order valence-electron chi connectivity index (χ2n) is 15.3. The number of aliphatic imine (C=N–C) groups is 2. The summed E-state index contributed by atoms with van der Waals surface area (Å²) in [6.07, 6.45) is 8.48. The molecule has 0 saturated carbocycles. The van der Waals surface area contributed by atoms with Gasteiger partial charge < -0.3 is 28.9 Å². The van der Waals surface area contributed by atoms with E-state index >= 15 is 0 Å². The number of methoxy groups -OCH3 is 4. The van der Waals surface area contributed by atoms with E-state index in [1.54, 1.807) is 28.4 Å². The first-order valence-electron chi connectivity index (χ1n) is 20.5. The van der Waals surface area contributed by atoms with Crippen molar-refractivity contribution < 1.29 is 18.9 Å². The lowest BCUT2D eigenvalue weighted by atomic mass is 9.68. The number of nitrogens with zero attached hydrogens (tertiary/aromatic N) is 2. The van der Waals surface area contributed by atoms with Crippen molar-refractivity contribution in [3.8, 4) is 23.0 Å².